The fraction of sp³-hybridized carbons (Fsp3) is 0.750. The highest BCUT2D eigenvalue weighted by molar-refractivity contribution is 5.75. The first kappa shape index (κ1) is 6.43. The molecule has 0 spiro atoms. The van der Waals surface area contributed by atoms with Crippen molar-refractivity contribution in [2.45, 2.75) is 19.4 Å². The van der Waals surface area contributed by atoms with E-state index in [2.05, 4.69) is 0 Å². The molecule has 0 saturated heterocycles. The predicted molar refractivity (Wildman–Crippen MR) is 22.4 cm³/mol. The van der Waals surface area contributed by atoms with E-state index in [4.69, 9.17) is 5.11 Å². The largest absolute Gasteiger partial charge is 0.479 e. The molecule has 0 aromatic carbocycles. The number of hydrogen-bond donors (Lipinski definition) is 1. The SMILES string of the molecule is CC(C)([O])C(=O)O. The molecule has 41 valence electrons. The second-order valence-electron chi connectivity index (χ2n) is 1.82. The van der Waals surface area contributed by atoms with Gasteiger partial charge in [-0.05, 0) is 13.8 Å². The standard InChI is InChI=1S/C4H7O3/c1-4(2,7)3(5)6/h1-2H3,(H,5,6). The molecule has 0 aromatic rings. The highest BCUT2D eigenvalue weighted by Gasteiger charge is 2.24. The summed E-state index contributed by atoms with van der Waals surface area (Å²) in [6.45, 7) is 2.21. The van der Waals surface area contributed by atoms with Gasteiger partial charge < -0.3 is 5.11 Å². The predicted octanol–water partition coefficient (Wildman–Crippen LogP) is 0.280. The Morgan fingerprint density at radius 3 is 1.71 bits per heavy atom. The fourth-order valence-corrected chi connectivity index (χ4v) is 0. The van der Waals surface area contributed by atoms with Crippen LogP contribution in [0.15, 0.2) is 0 Å². The van der Waals surface area contributed by atoms with Crippen LogP contribution in [-0.2, 0) is 9.90 Å². The van der Waals surface area contributed by atoms with E-state index in [9.17, 15) is 9.90 Å². The lowest BCUT2D eigenvalue weighted by molar-refractivity contribution is -0.161. The molecule has 7 heavy (non-hydrogen) atoms. The van der Waals surface area contributed by atoms with Gasteiger partial charge in [0.05, 0.1) is 0 Å². The molecule has 0 aliphatic heterocycles. The minimum Gasteiger partial charge on any atom is -0.479 e. The van der Waals surface area contributed by atoms with Crippen LogP contribution < -0.4 is 0 Å². The van der Waals surface area contributed by atoms with E-state index in [1.807, 2.05) is 0 Å². The van der Waals surface area contributed by atoms with Crippen molar-refractivity contribution in [3.63, 3.8) is 0 Å². The molecule has 1 radical (unpaired) electrons. The van der Waals surface area contributed by atoms with E-state index in [0.29, 0.717) is 0 Å². The van der Waals surface area contributed by atoms with Gasteiger partial charge in [-0.15, -0.1) is 0 Å². The van der Waals surface area contributed by atoms with Crippen molar-refractivity contribution < 1.29 is 15.0 Å². The number of carbonyl (C=O) groups is 1. The van der Waals surface area contributed by atoms with E-state index < -0.39 is 11.6 Å². The molecule has 1 N–H and O–H groups in total. The zero-order valence-corrected chi connectivity index (χ0v) is 4.26. The average molecular weight is 103 g/mol. The Morgan fingerprint density at radius 1 is 1.57 bits per heavy atom. The van der Waals surface area contributed by atoms with Crippen LogP contribution in [-0.4, -0.2) is 16.7 Å². The Morgan fingerprint density at radius 2 is 1.71 bits per heavy atom. The molecule has 0 fully saturated rings. The minimum absolute atomic E-state index is 1.11. The second kappa shape index (κ2) is 1.50. The highest BCUT2D eigenvalue weighted by atomic mass is 16.4. The van der Waals surface area contributed by atoms with Gasteiger partial charge in [-0.1, -0.05) is 0 Å². The van der Waals surface area contributed by atoms with Crippen molar-refractivity contribution in [1.82, 2.24) is 0 Å². The molecular weight excluding hydrogens is 96.0 g/mol. The summed E-state index contributed by atoms with van der Waals surface area (Å²) in [7, 11) is 0. The van der Waals surface area contributed by atoms with E-state index in [1.54, 1.807) is 0 Å². The number of hydrogen-bond acceptors (Lipinski definition) is 1. The smallest absolute Gasteiger partial charge is 0.338 e. The first-order valence-electron chi connectivity index (χ1n) is 1.88. The van der Waals surface area contributed by atoms with E-state index in [0.717, 1.165) is 13.8 Å². The lowest BCUT2D eigenvalue weighted by Gasteiger charge is -2.04. The molecule has 0 saturated carbocycles. The van der Waals surface area contributed by atoms with Crippen LogP contribution in [0.4, 0.5) is 0 Å². The van der Waals surface area contributed by atoms with Gasteiger partial charge in [0.1, 0.15) is 0 Å². The summed E-state index contributed by atoms with van der Waals surface area (Å²) in [5, 5.41) is 18.1. The maximum Gasteiger partial charge on any atom is 0.338 e. The van der Waals surface area contributed by atoms with Crippen LogP contribution in [0.5, 0.6) is 0 Å². The maximum absolute atomic E-state index is 10.2. The zero-order chi connectivity index (χ0) is 6.08. The first-order chi connectivity index (χ1) is 2.94. The van der Waals surface area contributed by atoms with Gasteiger partial charge in [0, 0.05) is 0 Å². The molecule has 0 unspecified atom stereocenters. The minimum atomic E-state index is -1.83. The molecule has 0 amide bonds. The molecule has 3 heteroatoms. The van der Waals surface area contributed by atoms with Crippen LogP contribution in [0.25, 0.3) is 0 Å². The highest BCUT2D eigenvalue weighted by Crippen LogP contribution is 1.99. The van der Waals surface area contributed by atoms with E-state index in [1.165, 1.54) is 0 Å². The lowest BCUT2D eigenvalue weighted by Crippen LogP contribution is -2.28. The summed E-state index contributed by atoms with van der Waals surface area (Å²) in [6.07, 6.45) is 0. The summed E-state index contributed by atoms with van der Waals surface area (Å²) in [4.78, 5) is 9.71. The van der Waals surface area contributed by atoms with Gasteiger partial charge in [0.25, 0.3) is 0 Å². The molecule has 0 aliphatic rings. The topological polar surface area (TPSA) is 57.2 Å². The molecule has 0 rings (SSSR count). The Bertz CT molecular complexity index is 79.4. The van der Waals surface area contributed by atoms with Crippen molar-refractivity contribution >= 4 is 5.97 Å². The third-order valence-electron chi connectivity index (χ3n) is 0.515. The number of carboxylic acid groups (broad SMARTS) is 1. The van der Waals surface area contributed by atoms with Crippen LogP contribution in [0.2, 0.25) is 0 Å². The summed E-state index contributed by atoms with van der Waals surface area (Å²) in [5.74, 6) is -1.31. The van der Waals surface area contributed by atoms with Crippen LogP contribution in [0, 0.1) is 0 Å². The van der Waals surface area contributed by atoms with Gasteiger partial charge >= 0.3 is 5.97 Å². The van der Waals surface area contributed by atoms with Crippen LogP contribution in [0.3, 0.4) is 0 Å². The lowest BCUT2D eigenvalue weighted by atomic mass is 10.1. The molecule has 0 atom stereocenters. The van der Waals surface area contributed by atoms with Crippen molar-refractivity contribution in [2.24, 2.45) is 0 Å². The van der Waals surface area contributed by atoms with Gasteiger partial charge in [-0.25, -0.2) is 9.90 Å². The first-order valence-corrected chi connectivity index (χ1v) is 1.88. The Kier molecular flexibility index (Phi) is 1.38. The molecule has 3 nitrogen and oxygen atoms in total. The van der Waals surface area contributed by atoms with Gasteiger partial charge in [0.2, 0.25) is 0 Å². The Balaban J connectivity index is 3.79. The number of aliphatic carboxylic acids is 1. The summed E-state index contributed by atoms with van der Waals surface area (Å²) in [6, 6.07) is 0. The monoisotopic (exact) mass is 103 g/mol. The number of carboxylic acids is 1. The Labute approximate surface area is 41.6 Å². The molecule has 0 heterocycles. The maximum atomic E-state index is 10.2. The van der Waals surface area contributed by atoms with Crippen molar-refractivity contribution in [2.75, 3.05) is 0 Å². The van der Waals surface area contributed by atoms with Gasteiger partial charge in [0.15, 0.2) is 5.60 Å². The van der Waals surface area contributed by atoms with E-state index >= 15 is 0 Å². The average Bonchev–Trinajstić information content (AvgIpc) is 1.31. The quantitative estimate of drug-likeness (QED) is 0.518. The van der Waals surface area contributed by atoms with Gasteiger partial charge in [-0.3, -0.25) is 0 Å². The van der Waals surface area contributed by atoms with Crippen molar-refractivity contribution in [3.8, 4) is 0 Å². The third-order valence-corrected chi connectivity index (χ3v) is 0.515. The summed E-state index contributed by atoms with van der Waals surface area (Å²) < 4.78 is 0. The van der Waals surface area contributed by atoms with Crippen LogP contribution in [0.1, 0.15) is 13.8 Å². The third kappa shape index (κ3) is 2.17. The summed E-state index contributed by atoms with van der Waals surface area (Å²) in [5.41, 5.74) is -1.83. The van der Waals surface area contributed by atoms with Gasteiger partial charge in [-0.2, -0.15) is 0 Å². The molecular formula is C4H7O3. The second-order valence-corrected chi connectivity index (χ2v) is 1.82. The van der Waals surface area contributed by atoms with Crippen molar-refractivity contribution in [3.05, 3.63) is 0 Å². The number of rotatable bonds is 1. The van der Waals surface area contributed by atoms with E-state index in [-0.39, 0.29) is 0 Å². The zero-order valence-electron chi connectivity index (χ0n) is 4.26. The van der Waals surface area contributed by atoms with Crippen LogP contribution >= 0.6 is 0 Å². The molecule has 0 aliphatic carbocycles. The molecule has 0 bridgehead atoms. The van der Waals surface area contributed by atoms with Crippen molar-refractivity contribution in [1.29, 1.82) is 0 Å². The Hall–Kier alpha value is -0.570. The molecule has 0 aromatic heterocycles. The normalized spacial score (nSPS) is 11.3. The summed E-state index contributed by atoms with van der Waals surface area (Å²) >= 11 is 0. The fourth-order valence-electron chi connectivity index (χ4n) is 0.